The number of hydrogen-bond donors (Lipinski definition) is 1. The normalized spacial score (nSPS) is 9.67. The molecule has 2 rings (SSSR count). The first-order valence-electron chi connectivity index (χ1n) is 4.73. The number of hydrogen-bond acceptors (Lipinski definition) is 4. The first kappa shape index (κ1) is 9.94. The fraction of sp³-hybridized carbons (Fsp3) is 0.273. The summed E-state index contributed by atoms with van der Waals surface area (Å²) < 4.78 is 0. The molecule has 0 amide bonds. The van der Waals surface area contributed by atoms with Crippen LogP contribution in [0.25, 0.3) is 10.2 Å². The summed E-state index contributed by atoms with van der Waals surface area (Å²) in [5.74, 6) is 6.77. The van der Waals surface area contributed by atoms with Gasteiger partial charge in [0.2, 0.25) is 0 Å². The van der Waals surface area contributed by atoms with Crippen LogP contribution in [0.2, 0.25) is 0 Å². The zero-order valence-corrected chi connectivity index (χ0v) is 9.27. The minimum absolute atomic E-state index is 0.822. The highest BCUT2D eigenvalue weighted by Crippen LogP contribution is 2.23. The molecule has 4 heteroatoms. The van der Waals surface area contributed by atoms with E-state index in [9.17, 15) is 0 Å². The first-order valence-corrected chi connectivity index (χ1v) is 5.61. The molecule has 0 radical (unpaired) electrons. The van der Waals surface area contributed by atoms with Gasteiger partial charge in [-0.15, -0.1) is 23.2 Å². The van der Waals surface area contributed by atoms with Crippen molar-refractivity contribution in [3.63, 3.8) is 0 Å². The molecule has 2 heterocycles. The molecule has 3 nitrogen and oxygen atoms in total. The zero-order valence-electron chi connectivity index (χ0n) is 8.45. The van der Waals surface area contributed by atoms with Gasteiger partial charge in [0.25, 0.3) is 0 Å². The summed E-state index contributed by atoms with van der Waals surface area (Å²) in [6, 6.07) is 2.04. The Balaban J connectivity index is 2.12. The molecule has 1 N–H and O–H groups in total. The van der Waals surface area contributed by atoms with Crippen molar-refractivity contribution in [2.75, 3.05) is 11.9 Å². The Hall–Kier alpha value is -1.60. The smallest absolute Gasteiger partial charge is 0.138 e. The molecule has 0 fully saturated rings. The number of nitrogens with zero attached hydrogens (tertiary/aromatic N) is 2. The Bertz CT molecular complexity index is 507. The third kappa shape index (κ3) is 2.25. The van der Waals surface area contributed by atoms with E-state index in [0.717, 1.165) is 29.0 Å². The number of anilines is 1. The lowest BCUT2D eigenvalue weighted by Crippen LogP contribution is -2.02. The van der Waals surface area contributed by atoms with Crippen molar-refractivity contribution in [2.24, 2.45) is 0 Å². The highest BCUT2D eigenvalue weighted by atomic mass is 32.1. The van der Waals surface area contributed by atoms with Crippen LogP contribution >= 0.6 is 11.3 Å². The monoisotopic (exact) mass is 217 g/mol. The second kappa shape index (κ2) is 4.76. The molecule has 0 saturated carbocycles. The molecule has 0 aliphatic heterocycles. The van der Waals surface area contributed by atoms with Gasteiger partial charge >= 0.3 is 0 Å². The van der Waals surface area contributed by atoms with E-state index in [-0.39, 0.29) is 0 Å². The summed E-state index contributed by atoms with van der Waals surface area (Å²) in [7, 11) is 0. The Morgan fingerprint density at radius 3 is 3.27 bits per heavy atom. The van der Waals surface area contributed by atoms with Gasteiger partial charge in [0.1, 0.15) is 17.0 Å². The van der Waals surface area contributed by atoms with Crippen LogP contribution in [-0.4, -0.2) is 16.5 Å². The summed E-state index contributed by atoms with van der Waals surface area (Å²) in [6.45, 7) is 2.67. The van der Waals surface area contributed by atoms with Gasteiger partial charge in [-0.3, -0.25) is 0 Å². The summed E-state index contributed by atoms with van der Waals surface area (Å²) in [5, 5.41) is 6.38. The number of rotatable bonds is 3. The maximum absolute atomic E-state index is 4.21. The summed E-state index contributed by atoms with van der Waals surface area (Å²) in [5.41, 5.74) is 0. The van der Waals surface area contributed by atoms with E-state index in [1.54, 1.807) is 17.7 Å². The number of nitrogens with one attached hydrogen (secondary N) is 1. The Labute approximate surface area is 92.6 Å². The van der Waals surface area contributed by atoms with Crippen LogP contribution in [0.15, 0.2) is 17.8 Å². The fourth-order valence-electron chi connectivity index (χ4n) is 1.30. The summed E-state index contributed by atoms with van der Waals surface area (Å²) in [4.78, 5) is 9.42. The van der Waals surface area contributed by atoms with Crippen molar-refractivity contribution in [3.8, 4) is 11.8 Å². The average molecular weight is 217 g/mol. The van der Waals surface area contributed by atoms with Gasteiger partial charge < -0.3 is 5.32 Å². The van der Waals surface area contributed by atoms with Crippen molar-refractivity contribution in [1.29, 1.82) is 0 Å². The van der Waals surface area contributed by atoms with E-state index in [2.05, 4.69) is 27.1 Å². The second-order valence-electron chi connectivity index (χ2n) is 2.97. The lowest BCUT2D eigenvalue weighted by Gasteiger charge is -2.03. The molecule has 2 aromatic rings. The summed E-state index contributed by atoms with van der Waals surface area (Å²) >= 11 is 1.63. The van der Waals surface area contributed by atoms with Gasteiger partial charge in [0.15, 0.2) is 0 Å². The van der Waals surface area contributed by atoms with Crippen LogP contribution < -0.4 is 5.32 Å². The zero-order chi connectivity index (χ0) is 10.5. The minimum Gasteiger partial charge on any atom is -0.368 e. The molecule has 76 valence electrons. The predicted octanol–water partition coefficient (Wildman–Crippen LogP) is 2.52. The largest absolute Gasteiger partial charge is 0.368 e. The number of fused-ring (bicyclic) bond motifs is 1. The van der Waals surface area contributed by atoms with Gasteiger partial charge in [-0.05, 0) is 18.4 Å². The third-order valence-corrected chi connectivity index (χ3v) is 2.80. The molecule has 0 atom stereocenters. The summed E-state index contributed by atoms with van der Waals surface area (Å²) in [6.07, 6.45) is 2.43. The molecule has 0 spiro atoms. The molecular weight excluding hydrogens is 206 g/mol. The number of aromatic nitrogens is 2. The highest BCUT2D eigenvalue weighted by Gasteiger charge is 2.02. The van der Waals surface area contributed by atoms with Crippen molar-refractivity contribution in [2.45, 2.75) is 13.3 Å². The van der Waals surface area contributed by atoms with E-state index >= 15 is 0 Å². The molecule has 0 aliphatic carbocycles. The van der Waals surface area contributed by atoms with Gasteiger partial charge in [0, 0.05) is 13.0 Å². The Morgan fingerprint density at radius 1 is 1.47 bits per heavy atom. The van der Waals surface area contributed by atoms with Crippen molar-refractivity contribution in [3.05, 3.63) is 17.8 Å². The molecule has 15 heavy (non-hydrogen) atoms. The first-order chi connectivity index (χ1) is 7.42. The van der Waals surface area contributed by atoms with Gasteiger partial charge in [-0.1, -0.05) is 0 Å². The Kier molecular flexibility index (Phi) is 3.15. The fourth-order valence-corrected chi connectivity index (χ4v) is 2.03. The van der Waals surface area contributed by atoms with Crippen LogP contribution in [0.1, 0.15) is 13.3 Å². The van der Waals surface area contributed by atoms with Gasteiger partial charge in [0.05, 0.1) is 5.39 Å². The molecule has 0 aromatic carbocycles. The lowest BCUT2D eigenvalue weighted by molar-refractivity contribution is 1.07. The van der Waals surface area contributed by atoms with Crippen molar-refractivity contribution < 1.29 is 0 Å². The predicted molar refractivity (Wildman–Crippen MR) is 64.0 cm³/mol. The maximum Gasteiger partial charge on any atom is 0.138 e. The topological polar surface area (TPSA) is 37.8 Å². The lowest BCUT2D eigenvalue weighted by atomic mass is 10.3. The van der Waals surface area contributed by atoms with E-state index in [0.29, 0.717) is 0 Å². The van der Waals surface area contributed by atoms with E-state index in [1.165, 1.54) is 0 Å². The average Bonchev–Trinajstić information content (AvgIpc) is 2.73. The van der Waals surface area contributed by atoms with Crippen molar-refractivity contribution in [1.82, 2.24) is 9.97 Å². The van der Waals surface area contributed by atoms with Gasteiger partial charge in [-0.2, -0.15) is 0 Å². The molecule has 0 bridgehead atoms. The standard InChI is InChI=1S/C11H11N3S/c1-2-3-4-6-12-10-9-5-7-15-11(9)14-8-13-10/h5,7-8H,4,6H2,1H3,(H,12,13,14). The molecule has 0 aliphatic rings. The third-order valence-electron chi connectivity index (χ3n) is 1.98. The molecular formula is C11H11N3S. The van der Waals surface area contributed by atoms with Crippen LogP contribution in [0, 0.1) is 11.8 Å². The molecule has 0 unspecified atom stereocenters. The quantitative estimate of drug-likeness (QED) is 0.634. The van der Waals surface area contributed by atoms with E-state index < -0.39 is 0 Å². The van der Waals surface area contributed by atoms with Crippen LogP contribution in [0.3, 0.4) is 0 Å². The molecule has 0 saturated heterocycles. The van der Waals surface area contributed by atoms with Crippen molar-refractivity contribution >= 4 is 27.4 Å². The van der Waals surface area contributed by atoms with Gasteiger partial charge in [-0.25, -0.2) is 9.97 Å². The van der Waals surface area contributed by atoms with Crippen LogP contribution in [0.4, 0.5) is 5.82 Å². The highest BCUT2D eigenvalue weighted by molar-refractivity contribution is 7.16. The molecule has 2 aromatic heterocycles. The van der Waals surface area contributed by atoms with Crippen LogP contribution in [0.5, 0.6) is 0 Å². The van der Waals surface area contributed by atoms with Crippen LogP contribution in [-0.2, 0) is 0 Å². The van der Waals surface area contributed by atoms with E-state index in [1.807, 2.05) is 18.4 Å². The maximum atomic E-state index is 4.21. The van der Waals surface area contributed by atoms with E-state index in [4.69, 9.17) is 0 Å². The SMILES string of the molecule is CC#CCCNc1ncnc2sccc12. The minimum atomic E-state index is 0.822. The number of thiophene rings is 1. The Morgan fingerprint density at radius 2 is 2.40 bits per heavy atom. The second-order valence-corrected chi connectivity index (χ2v) is 3.86.